The summed E-state index contributed by atoms with van der Waals surface area (Å²) in [7, 11) is 1.96. The molecule has 2 atom stereocenters. The summed E-state index contributed by atoms with van der Waals surface area (Å²) in [4.78, 5) is 15.3. The van der Waals surface area contributed by atoms with Gasteiger partial charge in [0.2, 0.25) is 5.91 Å². The topological polar surface area (TPSA) is 38.1 Å². The van der Waals surface area contributed by atoms with Gasteiger partial charge in [0.1, 0.15) is 0 Å². The van der Waals surface area contributed by atoms with Crippen LogP contribution < -0.4 is 0 Å². The minimum absolute atomic E-state index is 0.0554. The molecular weight excluding hydrogens is 262 g/mol. The monoisotopic (exact) mass is 287 g/mol. The summed E-state index contributed by atoms with van der Waals surface area (Å²) in [5.41, 5.74) is 2.64. The van der Waals surface area contributed by atoms with Crippen molar-refractivity contribution in [3.63, 3.8) is 0 Å². The zero-order chi connectivity index (χ0) is 14.8. The van der Waals surface area contributed by atoms with Gasteiger partial charge in [-0.25, -0.2) is 0 Å². The van der Waals surface area contributed by atoms with Crippen molar-refractivity contribution < 1.29 is 4.79 Å². The molecule has 1 aliphatic heterocycles. The number of likely N-dealkylation sites (tertiary alicyclic amines) is 1. The zero-order valence-electron chi connectivity index (χ0n) is 13.3. The fourth-order valence-electron chi connectivity index (χ4n) is 4.58. The van der Waals surface area contributed by atoms with Crippen molar-refractivity contribution in [3.8, 4) is 0 Å². The minimum atomic E-state index is 0.0554. The molecule has 2 aliphatic carbocycles. The maximum absolute atomic E-state index is 13.1. The van der Waals surface area contributed by atoms with E-state index in [0.29, 0.717) is 17.4 Å². The summed E-state index contributed by atoms with van der Waals surface area (Å²) >= 11 is 0. The van der Waals surface area contributed by atoms with E-state index in [-0.39, 0.29) is 5.92 Å². The van der Waals surface area contributed by atoms with Crippen LogP contribution in [0, 0.1) is 11.3 Å². The Bertz CT molecular complexity index is 585. The van der Waals surface area contributed by atoms with Crippen molar-refractivity contribution >= 4 is 5.91 Å². The average molecular weight is 287 g/mol. The molecule has 1 saturated carbocycles. The van der Waals surface area contributed by atoms with Crippen LogP contribution in [0.2, 0.25) is 0 Å². The van der Waals surface area contributed by atoms with E-state index < -0.39 is 0 Å². The lowest BCUT2D eigenvalue weighted by molar-refractivity contribution is -0.155. The highest BCUT2D eigenvalue weighted by atomic mass is 16.2. The van der Waals surface area contributed by atoms with E-state index in [0.717, 1.165) is 37.4 Å². The predicted octanol–water partition coefficient (Wildman–Crippen LogP) is 2.49. The molecule has 21 heavy (non-hydrogen) atoms. The second kappa shape index (κ2) is 4.34. The molecule has 0 bridgehead atoms. The Hall–Kier alpha value is -1.32. The Morgan fingerprint density at radius 1 is 1.33 bits per heavy atom. The molecule has 114 valence electrons. The third kappa shape index (κ3) is 2.02. The SMILES string of the molecule is Cn1cc2c(n1)CCCC2C(=O)N1CC(C)(C)C1C1CC1. The molecule has 4 rings (SSSR count). The van der Waals surface area contributed by atoms with Crippen LogP contribution in [0.4, 0.5) is 0 Å². The van der Waals surface area contributed by atoms with Gasteiger partial charge in [-0.1, -0.05) is 13.8 Å². The molecule has 0 N–H and O–H groups in total. The van der Waals surface area contributed by atoms with Crippen LogP contribution in [-0.2, 0) is 18.3 Å². The Labute approximate surface area is 126 Å². The summed E-state index contributed by atoms with van der Waals surface area (Å²) in [6.07, 6.45) is 7.78. The predicted molar refractivity (Wildman–Crippen MR) is 80.9 cm³/mol. The van der Waals surface area contributed by atoms with Gasteiger partial charge in [-0.05, 0) is 38.0 Å². The number of hydrogen-bond acceptors (Lipinski definition) is 2. The summed E-state index contributed by atoms with van der Waals surface area (Å²) < 4.78 is 1.87. The van der Waals surface area contributed by atoms with Gasteiger partial charge in [0.05, 0.1) is 11.6 Å². The number of amides is 1. The molecule has 2 fully saturated rings. The number of fused-ring (bicyclic) bond motifs is 1. The molecule has 2 heterocycles. The lowest BCUT2D eigenvalue weighted by Crippen LogP contribution is -2.65. The van der Waals surface area contributed by atoms with E-state index in [1.165, 1.54) is 18.4 Å². The molecule has 0 radical (unpaired) electrons. The molecule has 1 amide bonds. The van der Waals surface area contributed by atoms with Gasteiger partial charge < -0.3 is 4.90 Å². The van der Waals surface area contributed by atoms with Crippen molar-refractivity contribution in [3.05, 3.63) is 17.5 Å². The van der Waals surface area contributed by atoms with E-state index in [1.54, 1.807) is 0 Å². The highest BCUT2D eigenvalue weighted by Gasteiger charge is 2.55. The van der Waals surface area contributed by atoms with Crippen LogP contribution in [0.15, 0.2) is 6.20 Å². The van der Waals surface area contributed by atoms with Crippen molar-refractivity contribution in [1.82, 2.24) is 14.7 Å². The van der Waals surface area contributed by atoms with Crippen molar-refractivity contribution in [2.45, 2.75) is 57.9 Å². The number of carbonyl (C=O) groups is 1. The largest absolute Gasteiger partial charge is 0.338 e. The molecule has 4 heteroatoms. The standard InChI is InChI=1S/C17H25N3O/c1-17(2)10-20(15(17)11-7-8-11)16(21)12-5-4-6-14-13(12)9-19(3)18-14/h9,11-12,15H,4-8,10H2,1-3H3. The van der Waals surface area contributed by atoms with Gasteiger partial charge >= 0.3 is 0 Å². The highest BCUT2D eigenvalue weighted by molar-refractivity contribution is 5.85. The molecule has 0 aromatic carbocycles. The summed E-state index contributed by atoms with van der Waals surface area (Å²) in [6, 6.07) is 0.479. The lowest BCUT2D eigenvalue weighted by Gasteiger charge is -2.56. The number of carbonyl (C=O) groups excluding carboxylic acids is 1. The van der Waals surface area contributed by atoms with Crippen LogP contribution in [-0.4, -0.2) is 33.2 Å². The lowest BCUT2D eigenvalue weighted by atomic mass is 9.71. The normalized spacial score (nSPS) is 30.7. The van der Waals surface area contributed by atoms with Crippen LogP contribution in [0.5, 0.6) is 0 Å². The molecule has 3 aliphatic rings. The van der Waals surface area contributed by atoms with Crippen LogP contribution >= 0.6 is 0 Å². The first kappa shape index (κ1) is 13.4. The van der Waals surface area contributed by atoms with E-state index >= 15 is 0 Å². The van der Waals surface area contributed by atoms with Crippen LogP contribution in [0.1, 0.15) is 56.7 Å². The van der Waals surface area contributed by atoms with E-state index in [1.807, 2.05) is 11.7 Å². The number of nitrogens with zero attached hydrogens (tertiary/aromatic N) is 3. The second-order valence-electron chi connectivity index (χ2n) is 7.89. The Morgan fingerprint density at radius 3 is 2.76 bits per heavy atom. The van der Waals surface area contributed by atoms with Crippen molar-refractivity contribution in [2.24, 2.45) is 18.4 Å². The van der Waals surface area contributed by atoms with Gasteiger partial charge in [0.25, 0.3) is 0 Å². The van der Waals surface area contributed by atoms with Crippen molar-refractivity contribution in [1.29, 1.82) is 0 Å². The second-order valence-corrected chi connectivity index (χ2v) is 7.89. The first-order chi connectivity index (χ1) is 9.97. The third-order valence-corrected chi connectivity index (χ3v) is 5.58. The molecule has 4 nitrogen and oxygen atoms in total. The summed E-state index contributed by atoms with van der Waals surface area (Å²) in [6.45, 7) is 5.56. The summed E-state index contributed by atoms with van der Waals surface area (Å²) in [5.74, 6) is 1.18. The number of rotatable bonds is 2. The number of aromatic nitrogens is 2. The van der Waals surface area contributed by atoms with Gasteiger partial charge in [0, 0.05) is 36.8 Å². The molecule has 1 aromatic heterocycles. The Balaban J connectivity index is 1.58. The maximum Gasteiger partial charge on any atom is 0.230 e. The zero-order valence-corrected chi connectivity index (χ0v) is 13.3. The van der Waals surface area contributed by atoms with Crippen molar-refractivity contribution in [2.75, 3.05) is 6.54 Å². The van der Waals surface area contributed by atoms with E-state index in [9.17, 15) is 4.79 Å². The molecule has 0 spiro atoms. The fourth-order valence-corrected chi connectivity index (χ4v) is 4.58. The maximum atomic E-state index is 13.1. The first-order valence-electron chi connectivity index (χ1n) is 8.30. The smallest absolute Gasteiger partial charge is 0.230 e. The van der Waals surface area contributed by atoms with Gasteiger partial charge in [0.15, 0.2) is 0 Å². The van der Waals surface area contributed by atoms with Gasteiger partial charge in [-0.2, -0.15) is 5.10 Å². The van der Waals surface area contributed by atoms with E-state index in [4.69, 9.17) is 0 Å². The molecular formula is C17H25N3O. The number of aryl methyl sites for hydroxylation is 2. The molecule has 1 aromatic rings. The van der Waals surface area contributed by atoms with Crippen LogP contribution in [0.25, 0.3) is 0 Å². The average Bonchev–Trinajstić information content (AvgIpc) is 3.14. The first-order valence-corrected chi connectivity index (χ1v) is 8.30. The number of hydrogen-bond donors (Lipinski definition) is 0. The van der Waals surface area contributed by atoms with Gasteiger partial charge in [-0.3, -0.25) is 9.48 Å². The third-order valence-electron chi connectivity index (χ3n) is 5.58. The molecule has 1 saturated heterocycles. The Morgan fingerprint density at radius 2 is 2.10 bits per heavy atom. The molecule has 2 unspecified atom stereocenters. The quantitative estimate of drug-likeness (QED) is 0.838. The Kier molecular flexibility index (Phi) is 2.76. The fraction of sp³-hybridized carbons (Fsp3) is 0.765. The highest BCUT2D eigenvalue weighted by Crippen LogP contribution is 2.51. The minimum Gasteiger partial charge on any atom is -0.338 e. The van der Waals surface area contributed by atoms with Gasteiger partial charge in [-0.15, -0.1) is 0 Å². The van der Waals surface area contributed by atoms with Crippen LogP contribution in [0.3, 0.4) is 0 Å². The van der Waals surface area contributed by atoms with E-state index in [2.05, 4.69) is 30.0 Å². The summed E-state index contributed by atoms with van der Waals surface area (Å²) in [5, 5.41) is 4.53.